The SMILES string of the molecule is CCOC(=O)/C(C)=C/OC1CC2CCC1(C)C2(C)C. The standard InChI is InChI=1S/C16H26O3/c1-6-18-14(17)11(2)10-19-13-9-12-7-8-16(13,5)15(12,3)4/h10,12-13H,6-9H2,1-5H3/b11-10+. The van der Waals surface area contributed by atoms with Gasteiger partial charge < -0.3 is 9.47 Å². The van der Waals surface area contributed by atoms with Gasteiger partial charge in [-0.25, -0.2) is 4.79 Å². The molecule has 2 fully saturated rings. The third-order valence-electron chi connectivity index (χ3n) is 5.72. The molecule has 3 unspecified atom stereocenters. The minimum absolute atomic E-state index is 0.225. The van der Waals surface area contributed by atoms with E-state index in [0.29, 0.717) is 17.6 Å². The van der Waals surface area contributed by atoms with Gasteiger partial charge in [0.1, 0.15) is 6.10 Å². The van der Waals surface area contributed by atoms with Crippen molar-refractivity contribution in [2.75, 3.05) is 6.61 Å². The Kier molecular flexibility index (Phi) is 3.67. The van der Waals surface area contributed by atoms with Crippen LogP contribution in [-0.4, -0.2) is 18.7 Å². The maximum Gasteiger partial charge on any atom is 0.336 e. The highest BCUT2D eigenvalue weighted by Gasteiger charge is 2.62. The Morgan fingerprint density at radius 1 is 1.37 bits per heavy atom. The van der Waals surface area contributed by atoms with Crippen molar-refractivity contribution in [3.05, 3.63) is 11.8 Å². The fourth-order valence-electron chi connectivity index (χ4n) is 3.81. The highest BCUT2D eigenvalue weighted by Crippen LogP contribution is 2.66. The van der Waals surface area contributed by atoms with Crippen molar-refractivity contribution in [1.82, 2.24) is 0 Å². The average Bonchev–Trinajstić information content (AvgIpc) is 2.68. The van der Waals surface area contributed by atoms with Crippen molar-refractivity contribution in [3.63, 3.8) is 0 Å². The molecule has 0 amide bonds. The molecule has 0 N–H and O–H groups in total. The summed E-state index contributed by atoms with van der Waals surface area (Å²) in [4.78, 5) is 11.5. The van der Waals surface area contributed by atoms with E-state index in [9.17, 15) is 4.79 Å². The van der Waals surface area contributed by atoms with Crippen molar-refractivity contribution in [1.29, 1.82) is 0 Å². The maximum absolute atomic E-state index is 11.5. The molecule has 0 aromatic heterocycles. The van der Waals surface area contributed by atoms with Gasteiger partial charge in [0.15, 0.2) is 0 Å². The summed E-state index contributed by atoms with van der Waals surface area (Å²) in [6.45, 7) is 11.0. The molecule has 2 rings (SSSR count). The third kappa shape index (κ3) is 2.17. The third-order valence-corrected chi connectivity index (χ3v) is 5.72. The van der Waals surface area contributed by atoms with E-state index in [1.165, 1.54) is 12.8 Å². The first-order valence-corrected chi connectivity index (χ1v) is 7.32. The molecule has 2 bridgehead atoms. The number of hydrogen-bond donors (Lipinski definition) is 0. The van der Waals surface area contributed by atoms with Crippen LogP contribution in [0.1, 0.15) is 53.9 Å². The molecule has 0 aromatic rings. The van der Waals surface area contributed by atoms with Gasteiger partial charge in [-0.1, -0.05) is 20.8 Å². The summed E-state index contributed by atoms with van der Waals surface area (Å²) in [5.74, 6) is 0.467. The van der Waals surface area contributed by atoms with Gasteiger partial charge in [-0.3, -0.25) is 0 Å². The lowest BCUT2D eigenvalue weighted by Gasteiger charge is -2.38. The van der Waals surface area contributed by atoms with Gasteiger partial charge in [0.2, 0.25) is 0 Å². The van der Waals surface area contributed by atoms with Crippen LogP contribution >= 0.6 is 0 Å². The van der Waals surface area contributed by atoms with E-state index in [1.807, 2.05) is 6.92 Å². The Labute approximate surface area is 116 Å². The summed E-state index contributed by atoms with van der Waals surface area (Å²) < 4.78 is 10.9. The zero-order valence-corrected chi connectivity index (χ0v) is 12.8. The molecule has 0 saturated heterocycles. The van der Waals surface area contributed by atoms with E-state index < -0.39 is 0 Å². The van der Waals surface area contributed by atoms with E-state index in [-0.39, 0.29) is 17.5 Å². The lowest BCUT2D eigenvalue weighted by atomic mass is 9.70. The first kappa shape index (κ1) is 14.4. The van der Waals surface area contributed by atoms with Crippen molar-refractivity contribution < 1.29 is 14.3 Å². The lowest BCUT2D eigenvalue weighted by Crippen LogP contribution is -2.36. The van der Waals surface area contributed by atoms with Crippen molar-refractivity contribution in [2.24, 2.45) is 16.7 Å². The minimum atomic E-state index is -0.282. The Balaban J connectivity index is 2.03. The van der Waals surface area contributed by atoms with Gasteiger partial charge in [-0.15, -0.1) is 0 Å². The quantitative estimate of drug-likeness (QED) is 0.442. The number of hydrogen-bond acceptors (Lipinski definition) is 3. The van der Waals surface area contributed by atoms with Gasteiger partial charge >= 0.3 is 5.97 Å². The van der Waals surface area contributed by atoms with Crippen LogP contribution in [0.3, 0.4) is 0 Å². The van der Waals surface area contributed by atoms with Crippen LogP contribution in [0.2, 0.25) is 0 Å². The molecule has 19 heavy (non-hydrogen) atoms. The van der Waals surface area contributed by atoms with Gasteiger partial charge in [0, 0.05) is 5.41 Å². The van der Waals surface area contributed by atoms with E-state index >= 15 is 0 Å². The summed E-state index contributed by atoms with van der Waals surface area (Å²) in [5.41, 5.74) is 1.11. The van der Waals surface area contributed by atoms with Gasteiger partial charge in [-0.05, 0) is 44.4 Å². The summed E-state index contributed by atoms with van der Waals surface area (Å²) in [6.07, 6.45) is 5.47. The summed E-state index contributed by atoms with van der Waals surface area (Å²) in [6, 6.07) is 0. The number of fused-ring (bicyclic) bond motifs is 2. The van der Waals surface area contributed by atoms with Crippen LogP contribution in [0.25, 0.3) is 0 Å². The molecular weight excluding hydrogens is 240 g/mol. The van der Waals surface area contributed by atoms with Crippen LogP contribution in [0, 0.1) is 16.7 Å². The first-order chi connectivity index (χ1) is 8.83. The second kappa shape index (κ2) is 4.84. The minimum Gasteiger partial charge on any atom is -0.497 e. The Morgan fingerprint density at radius 2 is 2.05 bits per heavy atom. The zero-order valence-electron chi connectivity index (χ0n) is 12.8. The van der Waals surface area contributed by atoms with Gasteiger partial charge in [0.25, 0.3) is 0 Å². The predicted octanol–water partition coefficient (Wildman–Crippen LogP) is 3.68. The average molecular weight is 266 g/mol. The molecule has 3 heteroatoms. The van der Waals surface area contributed by atoms with E-state index in [4.69, 9.17) is 9.47 Å². The van der Waals surface area contributed by atoms with E-state index in [1.54, 1.807) is 13.2 Å². The molecular formula is C16H26O3. The summed E-state index contributed by atoms with van der Waals surface area (Å²) in [7, 11) is 0. The Hall–Kier alpha value is -0.990. The van der Waals surface area contributed by atoms with Crippen LogP contribution < -0.4 is 0 Å². The smallest absolute Gasteiger partial charge is 0.336 e. The van der Waals surface area contributed by atoms with Gasteiger partial charge in [-0.2, -0.15) is 0 Å². The topological polar surface area (TPSA) is 35.5 Å². The molecule has 2 saturated carbocycles. The van der Waals surface area contributed by atoms with E-state index in [0.717, 1.165) is 12.3 Å². The molecule has 3 atom stereocenters. The number of carbonyl (C=O) groups excluding carboxylic acids is 1. The largest absolute Gasteiger partial charge is 0.497 e. The van der Waals surface area contributed by atoms with Crippen LogP contribution in [0.5, 0.6) is 0 Å². The number of ether oxygens (including phenoxy) is 2. The molecule has 2 aliphatic rings. The van der Waals surface area contributed by atoms with Gasteiger partial charge in [0.05, 0.1) is 18.4 Å². The van der Waals surface area contributed by atoms with Crippen LogP contribution in [0.4, 0.5) is 0 Å². The predicted molar refractivity (Wildman–Crippen MR) is 74.5 cm³/mol. The highest BCUT2D eigenvalue weighted by atomic mass is 16.5. The Morgan fingerprint density at radius 3 is 2.53 bits per heavy atom. The maximum atomic E-state index is 11.5. The zero-order chi connectivity index (χ0) is 14.3. The molecule has 0 radical (unpaired) electrons. The molecule has 108 valence electrons. The second-order valence-corrected chi connectivity index (χ2v) is 6.76. The molecule has 0 aromatic carbocycles. The monoisotopic (exact) mass is 266 g/mol. The molecule has 0 heterocycles. The number of esters is 1. The molecule has 3 nitrogen and oxygen atoms in total. The van der Waals surface area contributed by atoms with Crippen molar-refractivity contribution in [3.8, 4) is 0 Å². The Bertz CT molecular complexity index is 397. The van der Waals surface area contributed by atoms with Crippen molar-refractivity contribution in [2.45, 2.75) is 60.0 Å². The lowest BCUT2D eigenvalue weighted by molar-refractivity contribution is -0.138. The second-order valence-electron chi connectivity index (χ2n) is 6.76. The molecule has 0 spiro atoms. The number of rotatable bonds is 4. The molecule has 2 aliphatic carbocycles. The van der Waals surface area contributed by atoms with Crippen LogP contribution in [-0.2, 0) is 14.3 Å². The summed E-state index contributed by atoms with van der Waals surface area (Å²) >= 11 is 0. The van der Waals surface area contributed by atoms with E-state index in [2.05, 4.69) is 20.8 Å². The fraction of sp³-hybridized carbons (Fsp3) is 0.812. The fourth-order valence-corrected chi connectivity index (χ4v) is 3.81. The van der Waals surface area contributed by atoms with Crippen LogP contribution in [0.15, 0.2) is 11.8 Å². The first-order valence-electron chi connectivity index (χ1n) is 7.32. The number of carbonyl (C=O) groups is 1. The normalized spacial score (nSPS) is 36.4. The molecule has 0 aliphatic heterocycles. The summed E-state index contributed by atoms with van der Waals surface area (Å²) in [5, 5.41) is 0. The highest BCUT2D eigenvalue weighted by molar-refractivity contribution is 5.87. The van der Waals surface area contributed by atoms with Crippen molar-refractivity contribution >= 4 is 5.97 Å².